The first kappa shape index (κ1) is 30.7. The molecular formula is C37H41FN4O3. The van der Waals surface area contributed by atoms with Crippen molar-refractivity contribution in [2.24, 2.45) is 0 Å². The number of likely N-dealkylation sites (N-methyl/N-ethyl adjacent to an activating group) is 1. The van der Waals surface area contributed by atoms with Crippen LogP contribution in [0.2, 0.25) is 0 Å². The van der Waals surface area contributed by atoms with Gasteiger partial charge in [0.1, 0.15) is 12.4 Å². The van der Waals surface area contributed by atoms with Gasteiger partial charge >= 0.3 is 0 Å². The Morgan fingerprint density at radius 2 is 1.67 bits per heavy atom. The number of aromatic nitrogens is 1. The van der Waals surface area contributed by atoms with E-state index in [0.29, 0.717) is 57.6 Å². The molecule has 6 rings (SSSR count). The van der Waals surface area contributed by atoms with Gasteiger partial charge in [0, 0.05) is 75.7 Å². The second-order valence-electron chi connectivity index (χ2n) is 12.5. The molecule has 1 amide bonds. The summed E-state index contributed by atoms with van der Waals surface area (Å²) in [6.45, 7) is 6.40. The van der Waals surface area contributed by atoms with E-state index in [0.717, 1.165) is 41.1 Å². The Hall–Kier alpha value is -4.27. The summed E-state index contributed by atoms with van der Waals surface area (Å²) in [5.74, 6) is 0.226. The highest BCUT2D eigenvalue weighted by Crippen LogP contribution is 2.30. The molecule has 3 aromatic carbocycles. The van der Waals surface area contributed by atoms with Gasteiger partial charge in [0.15, 0.2) is 0 Å². The minimum absolute atomic E-state index is 0.0263. The summed E-state index contributed by atoms with van der Waals surface area (Å²) in [7, 11) is 1.84. The van der Waals surface area contributed by atoms with Crippen LogP contribution in [0.15, 0.2) is 85.1 Å². The molecule has 2 aliphatic heterocycles. The highest BCUT2D eigenvalue weighted by Gasteiger charge is 2.34. The second kappa shape index (κ2) is 13.4. The van der Waals surface area contributed by atoms with Crippen LogP contribution in [-0.4, -0.2) is 84.3 Å². The van der Waals surface area contributed by atoms with Gasteiger partial charge in [-0.25, -0.2) is 4.98 Å². The predicted octanol–water partition coefficient (Wildman–Crippen LogP) is 5.58. The number of anilines is 1. The monoisotopic (exact) mass is 608 g/mol. The number of amides is 1. The molecule has 0 aliphatic carbocycles. The molecule has 0 radical (unpaired) electrons. The number of β-amino-alcohol motifs (C(OH)–C–C–N with tert-alkyl or cyclic N) is 1. The largest absolute Gasteiger partial charge is 0.492 e. The summed E-state index contributed by atoms with van der Waals surface area (Å²) in [6.07, 6.45) is 3.45. The van der Waals surface area contributed by atoms with E-state index in [-0.39, 0.29) is 5.91 Å². The summed E-state index contributed by atoms with van der Waals surface area (Å²) in [4.78, 5) is 23.6. The number of aliphatic hydroxyl groups is 1. The molecule has 0 saturated carbocycles. The van der Waals surface area contributed by atoms with E-state index in [1.54, 1.807) is 11.0 Å². The Kier molecular flexibility index (Phi) is 9.14. The maximum Gasteiger partial charge on any atom is 0.253 e. The van der Waals surface area contributed by atoms with Crippen molar-refractivity contribution in [2.75, 3.05) is 57.8 Å². The topological polar surface area (TPSA) is 69.1 Å². The van der Waals surface area contributed by atoms with Gasteiger partial charge in [0.25, 0.3) is 5.91 Å². The van der Waals surface area contributed by atoms with Crippen molar-refractivity contribution >= 4 is 11.6 Å². The summed E-state index contributed by atoms with van der Waals surface area (Å²) < 4.78 is 19.9. The average molecular weight is 609 g/mol. The van der Waals surface area contributed by atoms with Gasteiger partial charge in [-0.3, -0.25) is 9.69 Å². The smallest absolute Gasteiger partial charge is 0.253 e. The van der Waals surface area contributed by atoms with Gasteiger partial charge in [-0.2, -0.15) is 4.39 Å². The van der Waals surface area contributed by atoms with Crippen LogP contribution >= 0.6 is 0 Å². The fraction of sp³-hybridized carbons (Fsp3) is 0.351. The quantitative estimate of drug-likeness (QED) is 0.305. The lowest BCUT2D eigenvalue weighted by Crippen LogP contribution is -2.52. The van der Waals surface area contributed by atoms with Crippen LogP contribution in [0.5, 0.6) is 5.75 Å². The summed E-state index contributed by atoms with van der Waals surface area (Å²) in [6, 6.07) is 25.4. The molecule has 0 spiro atoms. The number of hydrogen-bond acceptors (Lipinski definition) is 6. The van der Waals surface area contributed by atoms with Gasteiger partial charge in [-0.05, 0) is 85.0 Å². The first-order valence-corrected chi connectivity index (χ1v) is 15.7. The molecule has 0 unspecified atom stereocenters. The van der Waals surface area contributed by atoms with Gasteiger partial charge in [-0.15, -0.1) is 0 Å². The molecule has 7 nitrogen and oxygen atoms in total. The normalized spacial score (nSPS) is 17.7. The number of nitrogens with zero attached hydrogens (tertiary/aromatic N) is 4. The van der Waals surface area contributed by atoms with Gasteiger partial charge in [0.2, 0.25) is 5.95 Å². The first-order valence-electron chi connectivity index (χ1n) is 15.7. The fourth-order valence-corrected chi connectivity index (χ4v) is 6.30. The van der Waals surface area contributed by atoms with Crippen LogP contribution in [0.1, 0.15) is 39.9 Å². The maximum absolute atomic E-state index is 13.5. The summed E-state index contributed by atoms with van der Waals surface area (Å²) >= 11 is 0. The van der Waals surface area contributed by atoms with Crippen LogP contribution < -0.4 is 9.64 Å². The Labute approximate surface area is 264 Å². The number of piperidine rings is 1. The van der Waals surface area contributed by atoms with Crippen LogP contribution in [0.4, 0.5) is 10.1 Å². The van der Waals surface area contributed by atoms with Crippen LogP contribution in [-0.2, 0) is 6.42 Å². The van der Waals surface area contributed by atoms with E-state index in [1.807, 2.05) is 43.4 Å². The molecule has 2 bridgehead atoms. The van der Waals surface area contributed by atoms with Crippen molar-refractivity contribution in [3.63, 3.8) is 0 Å². The third-order valence-corrected chi connectivity index (χ3v) is 9.06. The number of fused-ring (bicyclic) bond motifs is 3. The van der Waals surface area contributed by atoms with Crippen LogP contribution in [0.3, 0.4) is 0 Å². The Bertz CT molecular complexity index is 1620. The molecule has 234 valence electrons. The molecule has 0 atom stereocenters. The Morgan fingerprint density at radius 1 is 0.889 bits per heavy atom. The predicted molar refractivity (Wildman–Crippen MR) is 175 cm³/mol. The zero-order chi connectivity index (χ0) is 31.4. The van der Waals surface area contributed by atoms with Gasteiger partial charge < -0.3 is 19.6 Å². The number of benzene rings is 3. The van der Waals surface area contributed by atoms with Crippen molar-refractivity contribution in [1.29, 1.82) is 0 Å². The highest BCUT2D eigenvalue weighted by molar-refractivity contribution is 5.94. The zero-order valence-corrected chi connectivity index (χ0v) is 26.1. The van der Waals surface area contributed by atoms with Crippen LogP contribution in [0.25, 0.3) is 11.1 Å². The number of carbonyl (C=O) groups is 1. The average Bonchev–Trinajstić information content (AvgIpc) is 3.04. The molecular weight excluding hydrogens is 567 g/mol. The molecule has 2 aliphatic rings. The van der Waals surface area contributed by atoms with E-state index in [9.17, 15) is 14.3 Å². The minimum atomic E-state index is -0.820. The van der Waals surface area contributed by atoms with Gasteiger partial charge in [0.05, 0.1) is 5.60 Å². The molecule has 3 heterocycles. The van der Waals surface area contributed by atoms with Gasteiger partial charge in [-0.1, -0.05) is 35.9 Å². The number of pyridine rings is 1. The van der Waals surface area contributed by atoms with E-state index in [1.165, 1.54) is 23.5 Å². The van der Waals surface area contributed by atoms with E-state index >= 15 is 0 Å². The molecule has 4 aromatic rings. The summed E-state index contributed by atoms with van der Waals surface area (Å²) in [5.41, 5.74) is 5.96. The van der Waals surface area contributed by atoms with Crippen molar-refractivity contribution in [2.45, 2.75) is 31.8 Å². The van der Waals surface area contributed by atoms with E-state index in [4.69, 9.17) is 4.74 Å². The molecule has 1 saturated heterocycles. The first-order chi connectivity index (χ1) is 21.7. The molecule has 1 fully saturated rings. The van der Waals surface area contributed by atoms with E-state index < -0.39 is 11.5 Å². The third-order valence-electron chi connectivity index (χ3n) is 9.06. The zero-order valence-electron chi connectivity index (χ0n) is 26.1. The molecule has 45 heavy (non-hydrogen) atoms. The number of ether oxygens (including phenoxy) is 1. The highest BCUT2D eigenvalue weighted by atomic mass is 19.1. The molecule has 1 N–H and O–H groups in total. The van der Waals surface area contributed by atoms with Crippen molar-refractivity contribution in [1.82, 2.24) is 14.8 Å². The number of aryl methyl sites for hydroxylation is 1. The number of hydrogen-bond donors (Lipinski definition) is 1. The SMILES string of the molecule is Cc1ccc(N2CCC(O)(CN3CCOc4ccc(-c5ccc(F)nc5)cc4Cc4cccc(c4)C(=O)N(C)CC3)CC2)cc1. The Balaban J connectivity index is 1.21. The van der Waals surface area contributed by atoms with Crippen LogP contribution in [0, 0.1) is 12.9 Å². The summed E-state index contributed by atoms with van der Waals surface area (Å²) in [5, 5.41) is 11.7. The molecule has 8 heteroatoms. The lowest BCUT2D eigenvalue weighted by atomic mass is 9.90. The van der Waals surface area contributed by atoms with Crippen molar-refractivity contribution in [3.05, 3.63) is 113 Å². The minimum Gasteiger partial charge on any atom is -0.492 e. The van der Waals surface area contributed by atoms with E-state index in [2.05, 4.69) is 52.0 Å². The molecule has 1 aromatic heterocycles. The maximum atomic E-state index is 13.5. The number of halogens is 1. The number of rotatable bonds is 4. The second-order valence-corrected chi connectivity index (χ2v) is 12.5. The number of carbonyl (C=O) groups excluding carboxylic acids is 1. The third kappa shape index (κ3) is 7.52. The lowest BCUT2D eigenvalue weighted by molar-refractivity contribution is -0.0195. The lowest BCUT2D eigenvalue weighted by Gasteiger charge is -2.42. The fourth-order valence-electron chi connectivity index (χ4n) is 6.30. The standard InChI is InChI=1S/C37H41FN4O3/c1-27-6-10-33(11-7-27)42-16-14-37(44,15-17-42)26-41-19-18-40(2)36(43)30-5-3-4-28(22-30)23-32-24-29(8-12-34(32)45-21-20-41)31-9-13-35(38)39-25-31/h3-13,22,24-25,44H,14-21,23,26H2,1-2H3. The Morgan fingerprint density at radius 3 is 2.42 bits per heavy atom. The van der Waals surface area contributed by atoms with Crippen molar-refractivity contribution < 1.29 is 19.0 Å². The van der Waals surface area contributed by atoms with Crippen molar-refractivity contribution in [3.8, 4) is 16.9 Å².